The molecule has 0 bridgehead atoms. The number of nitrogens with one attached hydrogen (secondary N) is 1. The molecule has 168 valence electrons. The van der Waals surface area contributed by atoms with E-state index in [1.165, 1.54) is 42.2 Å². The number of amidine groups is 1. The third-order valence-corrected chi connectivity index (χ3v) is 7.01. The largest absolute Gasteiger partial charge is 0.378 e. The van der Waals surface area contributed by atoms with Crippen molar-refractivity contribution in [3.8, 4) is 5.75 Å². The van der Waals surface area contributed by atoms with Crippen LogP contribution in [0.4, 0.5) is 5.69 Å². The van der Waals surface area contributed by atoms with Gasteiger partial charge in [0.05, 0.1) is 16.4 Å². The highest BCUT2D eigenvalue weighted by Crippen LogP contribution is 2.27. The van der Waals surface area contributed by atoms with Gasteiger partial charge in [-0.3, -0.25) is 14.9 Å². The van der Waals surface area contributed by atoms with Crippen LogP contribution in [0.5, 0.6) is 5.75 Å². The number of carbonyl (C=O) groups excluding carboxylic acids is 1. The summed E-state index contributed by atoms with van der Waals surface area (Å²) in [5.74, 6) is -0.0247. The highest BCUT2D eigenvalue weighted by molar-refractivity contribution is 8.15. The van der Waals surface area contributed by atoms with Gasteiger partial charge >= 0.3 is 10.1 Å². The van der Waals surface area contributed by atoms with Crippen molar-refractivity contribution in [2.75, 3.05) is 0 Å². The van der Waals surface area contributed by atoms with Crippen LogP contribution in [-0.2, 0) is 14.9 Å². The van der Waals surface area contributed by atoms with E-state index < -0.39 is 15.0 Å². The van der Waals surface area contributed by atoms with Crippen molar-refractivity contribution in [1.29, 1.82) is 0 Å². The summed E-state index contributed by atoms with van der Waals surface area (Å²) in [5, 5.41) is 21.7. The number of nitro benzene ring substituents is 1. The number of benzene rings is 2. The van der Waals surface area contributed by atoms with Gasteiger partial charge in [0.2, 0.25) is 5.91 Å². The number of aryl methyl sites for hydroxylation is 1. The van der Waals surface area contributed by atoms with Crippen molar-refractivity contribution >= 4 is 44.9 Å². The van der Waals surface area contributed by atoms with E-state index in [9.17, 15) is 23.3 Å². The summed E-state index contributed by atoms with van der Waals surface area (Å²) >= 11 is 1.27. The molecule has 1 saturated heterocycles. The van der Waals surface area contributed by atoms with Crippen molar-refractivity contribution < 1.29 is 22.3 Å². The molecule has 0 saturated carbocycles. The summed E-state index contributed by atoms with van der Waals surface area (Å²) < 4.78 is 30.6. The van der Waals surface area contributed by atoms with Gasteiger partial charge in [0.25, 0.3) is 5.69 Å². The molecule has 1 atom stereocenters. The van der Waals surface area contributed by atoms with Gasteiger partial charge in [0.1, 0.15) is 4.90 Å². The zero-order chi connectivity index (χ0) is 23.5. The Morgan fingerprint density at radius 2 is 2.00 bits per heavy atom. The molecule has 3 rings (SSSR count). The van der Waals surface area contributed by atoms with Crippen molar-refractivity contribution in [2.24, 2.45) is 16.1 Å². The van der Waals surface area contributed by atoms with Crippen molar-refractivity contribution in [2.45, 2.75) is 30.9 Å². The zero-order valence-electron chi connectivity index (χ0n) is 17.4. The highest BCUT2D eigenvalue weighted by Gasteiger charge is 2.32. The second-order valence-corrected chi connectivity index (χ2v) is 9.93. The number of hydrogen-bond acceptors (Lipinski definition) is 9. The molecule has 0 aromatic heterocycles. The minimum Gasteiger partial charge on any atom is -0.378 e. The van der Waals surface area contributed by atoms with E-state index in [0.717, 1.165) is 11.6 Å². The molecular formula is C20H20N4O6S2. The summed E-state index contributed by atoms with van der Waals surface area (Å²) in [4.78, 5) is 21.8. The molecule has 10 nitrogen and oxygen atoms in total. The smallest absolute Gasteiger partial charge is 0.339 e. The zero-order valence-corrected chi connectivity index (χ0v) is 19.0. The van der Waals surface area contributed by atoms with E-state index in [-0.39, 0.29) is 33.4 Å². The Bertz CT molecular complexity index is 1220. The average Bonchev–Trinajstić information content (AvgIpc) is 3.10. The molecule has 2 aromatic carbocycles. The Balaban J connectivity index is 1.85. The Hall–Kier alpha value is -3.25. The Kier molecular flexibility index (Phi) is 6.94. The first-order chi connectivity index (χ1) is 15.1. The molecule has 1 heterocycles. The van der Waals surface area contributed by atoms with E-state index in [1.54, 1.807) is 12.1 Å². The number of hydrogen-bond donors (Lipinski definition) is 1. The van der Waals surface area contributed by atoms with Crippen LogP contribution in [0.1, 0.15) is 25.0 Å². The van der Waals surface area contributed by atoms with Crippen LogP contribution in [0.3, 0.4) is 0 Å². The van der Waals surface area contributed by atoms with Crippen LogP contribution in [-0.4, -0.2) is 35.9 Å². The van der Waals surface area contributed by atoms with Gasteiger partial charge in [-0.15, -0.1) is 5.10 Å². The maximum atomic E-state index is 12.7. The molecule has 12 heteroatoms. The van der Waals surface area contributed by atoms with Gasteiger partial charge < -0.3 is 9.50 Å². The molecule has 1 aliphatic heterocycles. The summed E-state index contributed by atoms with van der Waals surface area (Å²) in [6.45, 7) is 5.67. The fourth-order valence-electron chi connectivity index (χ4n) is 2.77. The van der Waals surface area contributed by atoms with E-state index in [0.29, 0.717) is 10.7 Å². The number of rotatable bonds is 7. The SMILES string of the molecule is Cc1ccc(OS(=O)(=O)c2cccc([N+](=O)[O-])c2)c(/C=N\N=C2/NC(=O)[C@H](C(C)C)S2)c1. The summed E-state index contributed by atoms with van der Waals surface area (Å²) in [6.07, 6.45) is 1.31. The summed E-state index contributed by atoms with van der Waals surface area (Å²) in [7, 11) is -4.33. The standard InChI is InChI=1S/C20H20N4O6S2/c1-12(2)18-19(25)22-20(31-18)23-21-11-14-9-13(3)7-8-17(14)30-32(28,29)16-6-4-5-15(10-16)24(26)27/h4-12,18H,1-3H3,(H,22,23,25)/b21-11-/t18-/m0/s1. The normalized spacial score (nSPS) is 17.8. The predicted octanol–water partition coefficient (Wildman–Crippen LogP) is 3.25. The lowest BCUT2D eigenvalue weighted by molar-refractivity contribution is -0.385. The molecule has 32 heavy (non-hydrogen) atoms. The molecule has 1 fully saturated rings. The Morgan fingerprint density at radius 3 is 2.66 bits per heavy atom. The van der Waals surface area contributed by atoms with Crippen molar-refractivity contribution in [3.05, 3.63) is 63.7 Å². The van der Waals surface area contributed by atoms with Crippen molar-refractivity contribution in [3.63, 3.8) is 0 Å². The van der Waals surface area contributed by atoms with E-state index in [1.807, 2.05) is 20.8 Å². The van der Waals surface area contributed by atoms with Crippen LogP contribution in [0.2, 0.25) is 0 Å². The summed E-state index contributed by atoms with van der Waals surface area (Å²) in [6, 6.07) is 9.35. The molecule has 0 spiro atoms. The lowest BCUT2D eigenvalue weighted by Gasteiger charge is -2.10. The molecule has 1 amide bonds. The van der Waals surface area contributed by atoms with Gasteiger partial charge in [-0.1, -0.05) is 43.3 Å². The first-order valence-electron chi connectivity index (χ1n) is 9.45. The van der Waals surface area contributed by atoms with Crippen LogP contribution < -0.4 is 9.50 Å². The van der Waals surface area contributed by atoms with E-state index in [2.05, 4.69) is 15.5 Å². The first kappa shape index (κ1) is 23.4. The first-order valence-corrected chi connectivity index (χ1v) is 11.7. The number of carbonyl (C=O) groups is 1. The number of non-ortho nitro benzene ring substituents is 1. The van der Waals surface area contributed by atoms with E-state index in [4.69, 9.17) is 4.18 Å². The van der Waals surface area contributed by atoms with Crippen LogP contribution in [0, 0.1) is 23.0 Å². The van der Waals surface area contributed by atoms with Gasteiger partial charge in [-0.25, -0.2) is 0 Å². The quantitative estimate of drug-likeness (QED) is 0.280. The summed E-state index contributed by atoms with van der Waals surface area (Å²) in [5.41, 5.74) is 0.785. The lowest BCUT2D eigenvalue weighted by atomic mass is 10.1. The number of nitrogens with zero attached hydrogens (tertiary/aromatic N) is 3. The second-order valence-electron chi connectivity index (χ2n) is 7.25. The van der Waals surface area contributed by atoms with Gasteiger partial charge in [-0.2, -0.15) is 13.5 Å². The Morgan fingerprint density at radius 1 is 1.25 bits per heavy atom. The minimum atomic E-state index is -4.33. The van der Waals surface area contributed by atoms with Crippen LogP contribution in [0.25, 0.3) is 0 Å². The fourth-order valence-corrected chi connectivity index (χ4v) is 4.70. The molecule has 2 aromatic rings. The highest BCUT2D eigenvalue weighted by atomic mass is 32.2. The lowest BCUT2D eigenvalue weighted by Crippen LogP contribution is -2.27. The molecule has 0 radical (unpaired) electrons. The monoisotopic (exact) mass is 476 g/mol. The van der Waals surface area contributed by atoms with Gasteiger partial charge in [-0.05, 0) is 31.0 Å². The third kappa shape index (κ3) is 5.51. The molecule has 1 N–H and O–H groups in total. The number of amides is 1. The molecule has 1 aliphatic rings. The molecule has 0 unspecified atom stereocenters. The number of thioether (sulfide) groups is 1. The van der Waals surface area contributed by atoms with Crippen molar-refractivity contribution in [1.82, 2.24) is 5.32 Å². The maximum Gasteiger partial charge on any atom is 0.339 e. The third-order valence-electron chi connectivity index (χ3n) is 4.36. The molecular weight excluding hydrogens is 456 g/mol. The van der Waals surface area contributed by atoms with Crippen LogP contribution in [0.15, 0.2) is 57.6 Å². The van der Waals surface area contributed by atoms with E-state index >= 15 is 0 Å². The topological polar surface area (TPSA) is 140 Å². The van der Waals surface area contributed by atoms with Gasteiger partial charge in [0.15, 0.2) is 10.9 Å². The second kappa shape index (κ2) is 9.49. The maximum absolute atomic E-state index is 12.7. The minimum absolute atomic E-state index is 0.0192. The predicted molar refractivity (Wildman–Crippen MR) is 121 cm³/mol. The molecule has 0 aliphatic carbocycles. The number of nitro groups is 1. The van der Waals surface area contributed by atoms with Gasteiger partial charge in [0, 0.05) is 17.7 Å². The fraction of sp³-hybridized carbons (Fsp3) is 0.250. The Labute approximate surface area is 189 Å². The van der Waals surface area contributed by atoms with Crippen LogP contribution >= 0.6 is 11.8 Å². The average molecular weight is 477 g/mol.